The third kappa shape index (κ3) is 0.916. The highest BCUT2D eigenvalue weighted by molar-refractivity contribution is 5.89. The molecule has 2 heterocycles. The summed E-state index contributed by atoms with van der Waals surface area (Å²) in [5, 5.41) is 35.9. The summed E-state index contributed by atoms with van der Waals surface area (Å²) in [6, 6.07) is 0. The highest BCUT2D eigenvalue weighted by atomic mass is 16.8. The number of ether oxygens (including phenoxy) is 2. The Bertz CT molecular complexity index is 308. The van der Waals surface area contributed by atoms with Crippen molar-refractivity contribution in [3.63, 3.8) is 0 Å². The Balaban J connectivity index is 2.26. The molecule has 0 spiro atoms. The molecule has 0 aromatic heterocycles. The topological polar surface area (TPSA) is 120 Å². The van der Waals surface area contributed by atoms with E-state index in [1.807, 2.05) is 0 Å². The molecule has 1 saturated heterocycles. The molecule has 2 rings (SSSR count). The minimum Gasteiger partial charge on any atom is -0.505 e. The summed E-state index contributed by atoms with van der Waals surface area (Å²) in [4.78, 5) is 10.6. The van der Waals surface area contributed by atoms with Gasteiger partial charge in [-0.15, -0.1) is 0 Å². The summed E-state index contributed by atoms with van der Waals surface area (Å²) in [5.74, 6) is -5.13. The smallest absolute Gasteiger partial charge is 0.378 e. The molecular formula is C6H6O7. The Labute approximate surface area is 71.4 Å². The molecule has 1 unspecified atom stereocenters. The highest BCUT2D eigenvalue weighted by Gasteiger charge is 2.66. The maximum atomic E-state index is 10.6. The van der Waals surface area contributed by atoms with Gasteiger partial charge in [-0.05, 0) is 0 Å². The van der Waals surface area contributed by atoms with Crippen LogP contribution in [0.4, 0.5) is 0 Å². The van der Waals surface area contributed by atoms with Gasteiger partial charge in [-0.25, -0.2) is 4.79 Å². The second-order valence-electron chi connectivity index (χ2n) is 2.74. The summed E-state index contributed by atoms with van der Waals surface area (Å²) in [6.45, 7) is 0. The normalized spacial score (nSPS) is 43.7. The zero-order valence-electron chi connectivity index (χ0n) is 6.17. The Morgan fingerprint density at radius 3 is 2.23 bits per heavy atom. The lowest BCUT2D eigenvalue weighted by Crippen LogP contribution is -2.34. The number of rotatable bonds is 1. The first-order valence-electron chi connectivity index (χ1n) is 3.38. The van der Waals surface area contributed by atoms with Crippen LogP contribution in [0.2, 0.25) is 0 Å². The molecule has 2 aliphatic heterocycles. The van der Waals surface area contributed by atoms with Gasteiger partial charge < -0.3 is 29.9 Å². The first-order chi connectivity index (χ1) is 5.97. The van der Waals surface area contributed by atoms with Gasteiger partial charge in [0.1, 0.15) is 0 Å². The van der Waals surface area contributed by atoms with Crippen LogP contribution in [0.5, 0.6) is 0 Å². The number of epoxide rings is 1. The van der Waals surface area contributed by atoms with Crippen molar-refractivity contribution in [2.45, 2.75) is 18.2 Å². The van der Waals surface area contributed by atoms with Gasteiger partial charge in [-0.3, -0.25) is 0 Å². The fraction of sp³-hybridized carbons (Fsp3) is 0.500. The fourth-order valence-electron chi connectivity index (χ4n) is 1.06. The van der Waals surface area contributed by atoms with Crippen molar-refractivity contribution in [2.75, 3.05) is 0 Å². The molecule has 0 bridgehead atoms. The molecule has 72 valence electrons. The van der Waals surface area contributed by atoms with Gasteiger partial charge in [0, 0.05) is 0 Å². The number of hydrogen-bond acceptors (Lipinski definition) is 7. The summed E-state index contributed by atoms with van der Waals surface area (Å²) in [5.41, 5.74) is 0. The Hall–Kier alpha value is -1.31. The maximum Gasteiger partial charge on any atom is 0.378 e. The van der Waals surface area contributed by atoms with Crippen LogP contribution in [0, 0.1) is 0 Å². The molecule has 3 atom stereocenters. The third-order valence-electron chi connectivity index (χ3n) is 1.88. The number of aliphatic hydroxyl groups is 4. The predicted octanol–water partition coefficient (Wildman–Crippen LogP) is -1.72. The van der Waals surface area contributed by atoms with Gasteiger partial charge >= 0.3 is 5.97 Å². The summed E-state index contributed by atoms with van der Waals surface area (Å²) < 4.78 is 8.62. The second-order valence-corrected chi connectivity index (χ2v) is 2.74. The number of aliphatic hydroxyl groups excluding tert-OH is 3. The molecule has 0 amide bonds. The van der Waals surface area contributed by atoms with Gasteiger partial charge in [0.2, 0.25) is 18.2 Å². The highest BCUT2D eigenvalue weighted by Crippen LogP contribution is 2.41. The van der Waals surface area contributed by atoms with E-state index >= 15 is 0 Å². The number of hydrogen-bond donors (Lipinski definition) is 4. The zero-order valence-corrected chi connectivity index (χ0v) is 6.17. The van der Waals surface area contributed by atoms with Crippen LogP contribution in [-0.2, 0) is 14.3 Å². The average molecular weight is 190 g/mol. The van der Waals surface area contributed by atoms with Gasteiger partial charge in [0.05, 0.1) is 0 Å². The SMILES string of the molecule is O=C1O[C@H]([C@]2(O)OC2O)C(O)=C1O. The molecule has 0 aromatic rings. The predicted molar refractivity (Wildman–Crippen MR) is 34.2 cm³/mol. The minimum atomic E-state index is -2.13. The van der Waals surface area contributed by atoms with E-state index in [9.17, 15) is 9.90 Å². The summed E-state index contributed by atoms with van der Waals surface area (Å²) >= 11 is 0. The van der Waals surface area contributed by atoms with Crippen LogP contribution in [-0.4, -0.2) is 44.6 Å². The van der Waals surface area contributed by atoms with Crippen LogP contribution < -0.4 is 0 Å². The van der Waals surface area contributed by atoms with Crippen molar-refractivity contribution >= 4 is 5.97 Å². The van der Waals surface area contributed by atoms with Crippen molar-refractivity contribution in [3.8, 4) is 0 Å². The standard InChI is InChI=1S/C6H6O7/c7-1-2(8)4(9)12-3(1)6(11)5(10)13-6/h3,5,7-8,10-11H/t3-,5?,6-/m0/s1. The van der Waals surface area contributed by atoms with Crippen molar-refractivity contribution in [3.05, 3.63) is 11.5 Å². The quantitative estimate of drug-likeness (QED) is 0.286. The third-order valence-corrected chi connectivity index (χ3v) is 1.88. The van der Waals surface area contributed by atoms with Crippen molar-refractivity contribution < 1.29 is 34.7 Å². The summed E-state index contributed by atoms with van der Waals surface area (Å²) in [6.07, 6.45) is -3.09. The number of cyclic esters (lactones) is 1. The van der Waals surface area contributed by atoms with Crippen LogP contribution in [0.25, 0.3) is 0 Å². The van der Waals surface area contributed by atoms with Gasteiger partial charge in [-0.1, -0.05) is 0 Å². The molecule has 0 saturated carbocycles. The lowest BCUT2D eigenvalue weighted by atomic mass is 10.2. The van der Waals surface area contributed by atoms with Gasteiger partial charge in [0.25, 0.3) is 5.79 Å². The van der Waals surface area contributed by atoms with E-state index in [0.717, 1.165) is 0 Å². The Morgan fingerprint density at radius 1 is 1.38 bits per heavy atom. The van der Waals surface area contributed by atoms with Crippen molar-refractivity contribution in [1.29, 1.82) is 0 Å². The molecule has 13 heavy (non-hydrogen) atoms. The van der Waals surface area contributed by atoms with Gasteiger partial charge in [0.15, 0.2) is 5.76 Å². The monoisotopic (exact) mass is 190 g/mol. The van der Waals surface area contributed by atoms with E-state index in [4.69, 9.17) is 15.3 Å². The Kier molecular flexibility index (Phi) is 1.36. The molecule has 7 nitrogen and oxygen atoms in total. The first-order valence-corrected chi connectivity index (χ1v) is 3.38. The van der Waals surface area contributed by atoms with Crippen LogP contribution in [0.15, 0.2) is 11.5 Å². The number of carbonyl (C=O) groups excluding carboxylic acids is 1. The molecule has 0 aromatic carbocycles. The van der Waals surface area contributed by atoms with E-state index in [1.165, 1.54) is 0 Å². The van der Waals surface area contributed by atoms with E-state index in [2.05, 4.69) is 9.47 Å². The molecule has 0 radical (unpaired) electrons. The second kappa shape index (κ2) is 2.13. The largest absolute Gasteiger partial charge is 0.505 e. The van der Waals surface area contributed by atoms with E-state index < -0.39 is 35.7 Å². The fourth-order valence-corrected chi connectivity index (χ4v) is 1.06. The van der Waals surface area contributed by atoms with E-state index in [-0.39, 0.29) is 0 Å². The molecule has 7 heteroatoms. The first kappa shape index (κ1) is 8.30. The maximum absolute atomic E-state index is 10.6. The minimum absolute atomic E-state index is 0.843. The molecule has 4 N–H and O–H groups in total. The Morgan fingerprint density at radius 2 is 1.92 bits per heavy atom. The average Bonchev–Trinajstić information content (AvgIpc) is 2.59. The summed E-state index contributed by atoms with van der Waals surface area (Å²) in [7, 11) is 0. The van der Waals surface area contributed by atoms with Crippen molar-refractivity contribution in [1.82, 2.24) is 0 Å². The van der Waals surface area contributed by atoms with Crippen LogP contribution >= 0.6 is 0 Å². The van der Waals surface area contributed by atoms with Crippen molar-refractivity contribution in [2.24, 2.45) is 0 Å². The molecule has 0 aliphatic carbocycles. The number of esters is 1. The van der Waals surface area contributed by atoms with E-state index in [1.54, 1.807) is 0 Å². The zero-order chi connectivity index (χ0) is 9.80. The number of carbonyl (C=O) groups is 1. The molecule has 2 aliphatic rings. The lowest BCUT2D eigenvalue weighted by Gasteiger charge is -2.11. The molecular weight excluding hydrogens is 184 g/mol. The van der Waals surface area contributed by atoms with Crippen LogP contribution in [0.3, 0.4) is 0 Å². The van der Waals surface area contributed by atoms with Gasteiger partial charge in [-0.2, -0.15) is 0 Å². The van der Waals surface area contributed by atoms with Crippen LogP contribution in [0.1, 0.15) is 0 Å². The van der Waals surface area contributed by atoms with E-state index in [0.29, 0.717) is 0 Å². The lowest BCUT2D eigenvalue weighted by molar-refractivity contribution is -0.154. The molecule has 1 fully saturated rings.